The molecule has 1 fully saturated rings. The first-order chi connectivity index (χ1) is 9.71. The van der Waals surface area contributed by atoms with Crippen molar-refractivity contribution >= 4 is 15.9 Å². The molecule has 1 saturated heterocycles. The number of hydrogen-bond donors (Lipinski definition) is 1. The summed E-state index contributed by atoms with van der Waals surface area (Å²) >= 11 is 0. The van der Waals surface area contributed by atoms with Crippen LogP contribution in [0.2, 0.25) is 0 Å². The third kappa shape index (κ3) is 3.24. The maximum atomic E-state index is 13.7. The zero-order valence-corrected chi connectivity index (χ0v) is 12.9. The minimum atomic E-state index is -4.07. The van der Waals surface area contributed by atoms with E-state index >= 15 is 0 Å². The van der Waals surface area contributed by atoms with E-state index in [9.17, 15) is 17.6 Å². The van der Waals surface area contributed by atoms with E-state index in [4.69, 9.17) is 5.14 Å². The standard InChI is InChI=1S/C14H19FN2O3S/c1-9-5-3-4-6-17(9)14(18)12-7-11(15)8-13(10(12)2)21(16,19)20/h7-9H,3-6H2,1-2H3,(H2,16,19,20). The molecule has 1 aliphatic rings. The molecule has 1 amide bonds. The Labute approximate surface area is 124 Å². The van der Waals surface area contributed by atoms with Crippen LogP contribution >= 0.6 is 0 Å². The molecule has 1 atom stereocenters. The molecule has 1 heterocycles. The van der Waals surface area contributed by atoms with Gasteiger partial charge < -0.3 is 4.90 Å². The van der Waals surface area contributed by atoms with Crippen LogP contribution in [-0.2, 0) is 10.0 Å². The van der Waals surface area contributed by atoms with E-state index in [0.29, 0.717) is 6.54 Å². The molecule has 1 aliphatic heterocycles. The average molecular weight is 314 g/mol. The maximum absolute atomic E-state index is 13.7. The lowest BCUT2D eigenvalue weighted by atomic mass is 10.0. The summed E-state index contributed by atoms with van der Waals surface area (Å²) in [7, 11) is -4.07. The van der Waals surface area contributed by atoms with Crippen LogP contribution in [0.5, 0.6) is 0 Å². The highest BCUT2D eigenvalue weighted by Crippen LogP contribution is 2.24. The number of rotatable bonds is 2. The zero-order valence-electron chi connectivity index (χ0n) is 12.1. The minimum absolute atomic E-state index is 0.0619. The molecule has 116 valence electrons. The van der Waals surface area contributed by atoms with Gasteiger partial charge in [-0.15, -0.1) is 0 Å². The van der Waals surface area contributed by atoms with Gasteiger partial charge in [0.2, 0.25) is 10.0 Å². The molecule has 0 radical (unpaired) electrons. The van der Waals surface area contributed by atoms with Crippen molar-refractivity contribution in [1.29, 1.82) is 0 Å². The number of amides is 1. The lowest BCUT2D eigenvalue weighted by molar-refractivity contribution is 0.0634. The van der Waals surface area contributed by atoms with E-state index < -0.39 is 15.8 Å². The molecule has 0 spiro atoms. The number of hydrogen-bond acceptors (Lipinski definition) is 3. The molecule has 1 aromatic rings. The predicted molar refractivity (Wildman–Crippen MR) is 76.9 cm³/mol. The predicted octanol–water partition coefficient (Wildman–Crippen LogP) is 1.80. The Morgan fingerprint density at radius 2 is 2.05 bits per heavy atom. The molecule has 0 aliphatic carbocycles. The first-order valence-electron chi connectivity index (χ1n) is 6.85. The molecule has 2 rings (SSSR count). The van der Waals surface area contributed by atoms with Crippen molar-refractivity contribution in [3.05, 3.63) is 29.1 Å². The smallest absolute Gasteiger partial charge is 0.254 e. The molecule has 0 saturated carbocycles. The fourth-order valence-electron chi connectivity index (χ4n) is 2.73. The Bertz CT molecular complexity index is 673. The molecule has 7 heteroatoms. The molecule has 1 aromatic carbocycles. The number of sulfonamides is 1. The van der Waals surface area contributed by atoms with Crippen LogP contribution in [0, 0.1) is 12.7 Å². The number of nitrogens with two attached hydrogens (primary N) is 1. The molecule has 0 bridgehead atoms. The fraction of sp³-hybridized carbons (Fsp3) is 0.500. The quantitative estimate of drug-likeness (QED) is 0.904. The van der Waals surface area contributed by atoms with Gasteiger partial charge in [0.25, 0.3) is 5.91 Å². The molecular weight excluding hydrogens is 295 g/mol. The third-order valence-electron chi connectivity index (χ3n) is 3.93. The molecule has 2 N–H and O–H groups in total. The normalized spacial score (nSPS) is 19.6. The van der Waals surface area contributed by atoms with E-state index in [0.717, 1.165) is 31.4 Å². The lowest BCUT2D eigenvalue weighted by Crippen LogP contribution is -2.42. The number of carbonyl (C=O) groups is 1. The summed E-state index contributed by atoms with van der Waals surface area (Å²) in [6.45, 7) is 4.01. The monoisotopic (exact) mass is 314 g/mol. The van der Waals surface area contributed by atoms with Crippen LogP contribution in [-0.4, -0.2) is 31.8 Å². The van der Waals surface area contributed by atoms with Crippen molar-refractivity contribution in [3.63, 3.8) is 0 Å². The first kappa shape index (κ1) is 15.9. The number of benzene rings is 1. The topological polar surface area (TPSA) is 80.5 Å². The Morgan fingerprint density at radius 1 is 1.38 bits per heavy atom. The van der Waals surface area contributed by atoms with Gasteiger partial charge in [-0.25, -0.2) is 17.9 Å². The third-order valence-corrected chi connectivity index (χ3v) is 4.96. The summed E-state index contributed by atoms with van der Waals surface area (Å²) in [5.41, 5.74) is 0.259. The van der Waals surface area contributed by atoms with Gasteiger partial charge in [0.05, 0.1) is 4.90 Å². The van der Waals surface area contributed by atoms with Crippen molar-refractivity contribution in [2.75, 3.05) is 6.54 Å². The Balaban J connectivity index is 2.49. The van der Waals surface area contributed by atoms with E-state index in [1.807, 2.05) is 6.92 Å². The van der Waals surface area contributed by atoms with E-state index in [1.54, 1.807) is 4.90 Å². The summed E-state index contributed by atoms with van der Waals surface area (Å²) in [6, 6.07) is 1.99. The van der Waals surface area contributed by atoms with E-state index in [1.165, 1.54) is 6.92 Å². The number of halogens is 1. The SMILES string of the molecule is Cc1c(C(=O)N2CCCCC2C)cc(F)cc1S(N)(=O)=O. The summed E-state index contributed by atoms with van der Waals surface area (Å²) < 4.78 is 36.7. The molecule has 0 aromatic heterocycles. The van der Waals surface area contributed by atoms with Crippen LogP contribution < -0.4 is 5.14 Å². The molecule has 21 heavy (non-hydrogen) atoms. The van der Waals surface area contributed by atoms with Crippen molar-refractivity contribution in [2.24, 2.45) is 5.14 Å². The van der Waals surface area contributed by atoms with Crippen LogP contribution in [0.3, 0.4) is 0 Å². The highest BCUT2D eigenvalue weighted by molar-refractivity contribution is 7.89. The van der Waals surface area contributed by atoms with Gasteiger partial charge in [-0.2, -0.15) is 0 Å². The number of likely N-dealkylation sites (tertiary alicyclic amines) is 1. The van der Waals surface area contributed by atoms with Gasteiger partial charge in [-0.05, 0) is 50.8 Å². The highest BCUT2D eigenvalue weighted by Gasteiger charge is 2.27. The van der Waals surface area contributed by atoms with Crippen molar-refractivity contribution in [2.45, 2.75) is 44.0 Å². The number of nitrogens with zero attached hydrogens (tertiary/aromatic N) is 1. The maximum Gasteiger partial charge on any atom is 0.254 e. The Kier molecular flexibility index (Phi) is 4.34. The van der Waals surface area contributed by atoms with Crippen LogP contribution in [0.25, 0.3) is 0 Å². The van der Waals surface area contributed by atoms with Gasteiger partial charge in [0, 0.05) is 18.2 Å². The van der Waals surface area contributed by atoms with Crippen molar-refractivity contribution < 1.29 is 17.6 Å². The van der Waals surface area contributed by atoms with E-state index in [-0.39, 0.29) is 28.0 Å². The summed E-state index contributed by atoms with van der Waals surface area (Å²) in [5, 5.41) is 5.08. The molecule has 1 unspecified atom stereocenters. The van der Waals surface area contributed by atoms with E-state index in [2.05, 4.69) is 0 Å². The number of primary sulfonamides is 1. The first-order valence-corrected chi connectivity index (χ1v) is 8.40. The van der Waals surface area contributed by atoms with Gasteiger partial charge in [0.15, 0.2) is 0 Å². The fourth-order valence-corrected chi connectivity index (χ4v) is 3.54. The molecular formula is C14H19FN2O3S. The largest absolute Gasteiger partial charge is 0.336 e. The summed E-state index contributed by atoms with van der Waals surface area (Å²) in [4.78, 5) is 13.9. The average Bonchev–Trinajstić information content (AvgIpc) is 2.39. The van der Waals surface area contributed by atoms with Gasteiger partial charge in [-0.1, -0.05) is 0 Å². The second-order valence-electron chi connectivity index (χ2n) is 5.46. The zero-order chi connectivity index (χ0) is 15.8. The van der Waals surface area contributed by atoms with Crippen LogP contribution in [0.15, 0.2) is 17.0 Å². The number of carbonyl (C=O) groups excluding carboxylic acids is 1. The second-order valence-corrected chi connectivity index (χ2v) is 6.99. The second kappa shape index (κ2) is 5.73. The lowest BCUT2D eigenvalue weighted by Gasteiger charge is -2.34. The Morgan fingerprint density at radius 3 is 2.62 bits per heavy atom. The highest BCUT2D eigenvalue weighted by atomic mass is 32.2. The van der Waals surface area contributed by atoms with Gasteiger partial charge in [-0.3, -0.25) is 4.79 Å². The van der Waals surface area contributed by atoms with Crippen LogP contribution in [0.1, 0.15) is 42.1 Å². The minimum Gasteiger partial charge on any atom is -0.336 e. The van der Waals surface area contributed by atoms with Crippen LogP contribution in [0.4, 0.5) is 4.39 Å². The number of piperidine rings is 1. The molecule has 5 nitrogen and oxygen atoms in total. The Hall–Kier alpha value is -1.47. The summed E-state index contributed by atoms with van der Waals surface area (Å²) in [6.07, 6.45) is 2.84. The van der Waals surface area contributed by atoms with Gasteiger partial charge in [0.1, 0.15) is 5.82 Å². The van der Waals surface area contributed by atoms with Gasteiger partial charge >= 0.3 is 0 Å². The van der Waals surface area contributed by atoms with Crippen molar-refractivity contribution in [1.82, 2.24) is 4.90 Å². The van der Waals surface area contributed by atoms with Crippen molar-refractivity contribution in [3.8, 4) is 0 Å². The summed E-state index contributed by atoms with van der Waals surface area (Å²) in [5.74, 6) is -1.12.